The van der Waals surface area contributed by atoms with E-state index in [0.29, 0.717) is 16.9 Å². The monoisotopic (exact) mass is 458 g/mol. The summed E-state index contributed by atoms with van der Waals surface area (Å²) in [5.41, 5.74) is 4.53. The summed E-state index contributed by atoms with van der Waals surface area (Å²) in [4.78, 5) is 0. The molecule has 4 saturated carbocycles. The zero-order chi connectivity index (χ0) is 24.0. The van der Waals surface area contributed by atoms with Crippen molar-refractivity contribution in [2.75, 3.05) is 0 Å². The van der Waals surface area contributed by atoms with Crippen molar-refractivity contribution in [2.24, 2.45) is 11.3 Å². The van der Waals surface area contributed by atoms with Crippen LogP contribution < -0.4 is 0 Å². The van der Waals surface area contributed by atoms with E-state index in [2.05, 4.69) is 38.1 Å². The quantitative estimate of drug-likeness (QED) is 0.328. The van der Waals surface area contributed by atoms with Crippen LogP contribution in [-0.2, 0) is 5.41 Å². The lowest BCUT2D eigenvalue weighted by Gasteiger charge is -2.54. The summed E-state index contributed by atoms with van der Waals surface area (Å²) in [6.07, 6.45) is 23.3. The molecular weight excluding hydrogens is 412 g/mol. The van der Waals surface area contributed by atoms with Crippen LogP contribution in [0.5, 0.6) is 0 Å². The van der Waals surface area contributed by atoms with E-state index in [1.807, 2.05) is 0 Å². The third-order valence-corrected chi connectivity index (χ3v) is 10.2. The Bertz CT molecular complexity index is 882. The smallest absolute Gasteiger partial charge is 0.101 e. The zero-order valence-electron chi connectivity index (χ0n) is 21.9. The molecule has 4 fully saturated rings. The summed E-state index contributed by atoms with van der Waals surface area (Å²) in [5, 5.41) is 20.5. The summed E-state index contributed by atoms with van der Waals surface area (Å²) < 4.78 is 0. The van der Waals surface area contributed by atoms with Crippen LogP contribution in [0.3, 0.4) is 0 Å². The van der Waals surface area contributed by atoms with Crippen molar-refractivity contribution < 1.29 is 0 Å². The van der Waals surface area contributed by atoms with Gasteiger partial charge in [0, 0.05) is 0 Å². The second-order valence-corrected chi connectivity index (χ2v) is 12.1. The van der Waals surface area contributed by atoms with Gasteiger partial charge in [-0.1, -0.05) is 70.9 Å². The van der Waals surface area contributed by atoms with Crippen molar-refractivity contribution in [3.63, 3.8) is 0 Å². The van der Waals surface area contributed by atoms with Gasteiger partial charge < -0.3 is 0 Å². The van der Waals surface area contributed by atoms with Gasteiger partial charge in [-0.15, -0.1) is 0 Å². The van der Waals surface area contributed by atoms with E-state index < -0.39 is 0 Å². The average Bonchev–Trinajstić information content (AvgIpc) is 2.89. The highest BCUT2D eigenvalue weighted by molar-refractivity contribution is 5.58. The molecule has 1 aromatic carbocycles. The fourth-order valence-electron chi connectivity index (χ4n) is 7.87. The van der Waals surface area contributed by atoms with Crippen molar-refractivity contribution in [2.45, 2.75) is 141 Å². The number of rotatable bonds is 10. The molecule has 1 aromatic rings. The number of hydrogen-bond donors (Lipinski definition) is 0. The maximum atomic E-state index is 10.3. The molecular formula is C32H46N2. The lowest BCUT2D eigenvalue weighted by atomic mass is 9.50. The van der Waals surface area contributed by atoms with Gasteiger partial charge in [-0.3, -0.25) is 0 Å². The predicted octanol–water partition coefficient (Wildman–Crippen LogP) is 9.46. The van der Waals surface area contributed by atoms with Crippen LogP contribution in [0.1, 0.15) is 158 Å². The second-order valence-electron chi connectivity index (χ2n) is 12.1. The van der Waals surface area contributed by atoms with Crippen LogP contribution >= 0.6 is 0 Å². The lowest BCUT2D eigenvalue weighted by Crippen LogP contribution is -2.44. The van der Waals surface area contributed by atoms with Gasteiger partial charge in [0.05, 0.1) is 11.1 Å². The molecule has 2 bridgehead atoms. The van der Waals surface area contributed by atoms with Gasteiger partial charge in [0.25, 0.3) is 0 Å². The molecule has 0 unspecified atom stereocenters. The molecule has 0 radical (unpaired) electrons. The van der Waals surface area contributed by atoms with E-state index in [9.17, 15) is 10.5 Å². The highest BCUT2D eigenvalue weighted by Gasteiger charge is 2.49. The first-order chi connectivity index (χ1) is 16.6. The Balaban J connectivity index is 1.49. The first-order valence-corrected chi connectivity index (χ1v) is 14.6. The molecule has 2 nitrogen and oxygen atoms in total. The van der Waals surface area contributed by atoms with E-state index in [4.69, 9.17) is 0 Å². The average molecular weight is 459 g/mol. The van der Waals surface area contributed by atoms with Crippen molar-refractivity contribution >= 4 is 0 Å². The Morgan fingerprint density at radius 3 is 1.97 bits per heavy atom. The molecule has 0 N–H and O–H groups in total. The standard InChI is InChI=1S/C32H46N2/c1-3-5-7-9-25-10-12-26(13-11-25)27-14-15-30(29(24-34)28(27)23-33)32-20-17-31(18-21-32,19-22-32)16-8-6-4-2/h14-15,25-26H,3-13,16-22H2,1-2H3/t25-,26-,31?,32?. The third kappa shape index (κ3) is 5.08. The van der Waals surface area contributed by atoms with Gasteiger partial charge in [-0.05, 0) is 104 Å². The molecule has 0 aliphatic heterocycles. The Morgan fingerprint density at radius 1 is 0.765 bits per heavy atom. The van der Waals surface area contributed by atoms with Crippen molar-refractivity contribution in [1.82, 2.24) is 0 Å². The fraction of sp³-hybridized carbons (Fsp3) is 0.750. The fourth-order valence-corrected chi connectivity index (χ4v) is 7.87. The number of benzene rings is 1. The normalized spacial score (nSPS) is 30.6. The van der Waals surface area contributed by atoms with Gasteiger partial charge in [-0.25, -0.2) is 0 Å². The summed E-state index contributed by atoms with van der Waals surface area (Å²) in [7, 11) is 0. The Kier molecular flexibility index (Phi) is 8.40. The van der Waals surface area contributed by atoms with Gasteiger partial charge in [0.15, 0.2) is 0 Å². The minimum absolute atomic E-state index is 0.138. The SMILES string of the molecule is CCCCCC12CCC(c3ccc([C@H]4CC[C@H](CCCCC)CC4)c(C#N)c3C#N)(CC1)CC2. The van der Waals surface area contributed by atoms with Gasteiger partial charge in [-0.2, -0.15) is 10.5 Å². The first kappa shape index (κ1) is 25.3. The molecule has 2 heteroatoms. The highest BCUT2D eigenvalue weighted by atomic mass is 14.5. The van der Waals surface area contributed by atoms with Crippen LogP contribution in [0.25, 0.3) is 0 Å². The molecule has 34 heavy (non-hydrogen) atoms. The van der Waals surface area contributed by atoms with E-state index in [-0.39, 0.29) is 5.41 Å². The van der Waals surface area contributed by atoms with E-state index in [1.54, 1.807) is 0 Å². The highest BCUT2D eigenvalue weighted by Crippen LogP contribution is 2.60. The van der Waals surface area contributed by atoms with Crippen LogP contribution in [0, 0.1) is 34.0 Å². The lowest BCUT2D eigenvalue weighted by molar-refractivity contribution is 0.0304. The first-order valence-electron chi connectivity index (χ1n) is 14.6. The third-order valence-electron chi connectivity index (χ3n) is 10.2. The molecule has 0 saturated heterocycles. The summed E-state index contributed by atoms with van der Waals surface area (Å²) in [5.74, 6) is 1.32. The number of nitrogens with zero attached hydrogens (tertiary/aromatic N) is 2. The molecule has 0 aromatic heterocycles. The minimum atomic E-state index is 0.138. The summed E-state index contributed by atoms with van der Waals surface area (Å²) >= 11 is 0. The van der Waals surface area contributed by atoms with Crippen molar-refractivity contribution in [1.29, 1.82) is 10.5 Å². The van der Waals surface area contributed by atoms with E-state index >= 15 is 0 Å². The van der Waals surface area contributed by atoms with E-state index in [1.165, 1.54) is 127 Å². The summed E-state index contributed by atoms with van der Waals surface area (Å²) in [6, 6.07) is 9.62. The Hall–Kier alpha value is -1.80. The number of nitriles is 2. The van der Waals surface area contributed by atoms with Crippen LogP contribution in [0.15, 0.2) is 12.1 Å². The molecule has 5 rings (SSSR count). The van der Waals surface area contributed by atoms with Gasteiger partial charge in [0.2, 0.25) is 0 Å². The van der Waals surface area contributed by atoms with Crippen molar-refractivity contribution in [3.05, 3.63) is 34.4 Å². The zero-order valence-corrected chi connectivity index (χ0v) is 21.9. The van der Waals surface area contributed by atoms with Crippen LogP contribution in [0.2, 0.25) is 0 Å². The van der Waals surface area contributed by atoms with Crippen LogP contribution in [0.4, 0.5) is 0 Å². The van der Waals surface area contributed by atoms with E-state index in [0.717, 1.165) is 11.5 Å². The molecule has 4 aliphatic carbocycles. The van der Waals surface area contributed by atoms with Crippen molar-refractivity contribution in [3.8, 4) is 12.1 Å². The van der Waals surface area contributed by atoms with Gasteiger partial charge in [0.1, 0.15) is 12.1 Å². The molecule has 4 aliphatic rings. The van der Waals surface area contributed by atoms with Crippen LogP contribution in [-0.4, -0.2) is 0 Å². The molecule has 0 atom stereocenters. The second kappa shape index (κ2) is 11.3. The number of unbranched alkanes of at least 4 members (excludes halogenated alkanes) is 4. The van der Waals surface area contributed by atoms with Gasteiger partial charge >= 0.3 is 0 Å². The Morgan fingerprint density at radius 2 is 1.38 bits per heavy atom. The Labute approximate surface area is 209 Å². The largest absolute Gasteiger partial charge is 0.192 e. The molecule has 184 valence electrons. The maximum Gasteiger partial charge on any atom is 0.101 e. The molecule has 0 amide bonds. The topological polar surface area (TPSA) is 47.6 Å². The predicted molar refractivity (Wildman–Crippen MR) is 141 cm³/mol. The molecule has 0 heterocycles. The minimum Gasteiger partial charge on any atom is -0.192 e. The maximum absolute atomic E-state index is 10.3. The number of hydrogen-bond acceptors (Lipinski definition) is 2. The summed E-state index contributed by atoms with van der Waals surface area (Å²) in [6.45, 7) is 4.57. The number of fused-ring (bicyclic) bond motifs is 3. The molecule has 0 spiro atoms.